The second kappa shape index (κ2) is 3.70. The van der Waals surface area contributed by atoms with Crippen LogP contribution in [0.2, 0.25) is 0 Å². The van der Waals surface area contributed by atoms with Crippen LogP contribution in [0.5, 0.6) is 5.75 Å². The fourth-order valence-electron chi connectivity index (χ4n) is 3.09. The number of nitrogens with zero attached hydrogens (tertiary/aromatic N) is 1. The second-order valence-electron chi connectivity index (χ2n) is 5.73. The molecule has 0 spiro atoms. The van der Waals surface area contributed by atoms with Gasteiger partial charge < -0.3 is 4.84 Å². The summed E-state index contributed by atoms with van der Waals surface area (Å²) in [6.45, 7) is 5.35. The van der Waals surface area contributed by atoms with Gasteiger partial charge in [0, 0.05) is 6.54 Å². The molecule has 3 fully saturated rings. The normalized spacial score (nSPS) is 36.4. The van der Waals surface area contributed by atoms with Crippen LogP contribution in [0.4, 0.5) is 4.39 Å². The first-order valence-electron chi connectivity index (χ1n) is 6.29. The van der Waals surface area contributed by atoms with Crippen LogP contribution >= 0.6 is 0 Å². The van der Waals surface area contributed by atoms with Crippen LogP contribution in [-0.4, -0.2) is 17.1 Å². The lowest BCUT2D eigenvalue weighted by atomic mass is 9.61. The van der Waals surface area contributed by atoms with E-state index in [1.54, 1.807) is 18.2 Å². The van der Waals surface area contributed by atoms with Gasteiger partial charge in [0.05, 0.1) is 5.54 Å². The largest absolute Gasteiger partial charge is 0.402 e. The van der Waals surface area contributed by atoms with Crippen molar-refractivity contribution >= 4 is 0 Å². The molecule has 1 aromatic rings. The third-order valence-corrected chi connectivity index (χ3v) is 4.31. The molecule has 1 atom stereocenters. The topological polar surface area (TPSA) is 12.5 Å². The average Bonchev–Trinajstić information content (AvgIpc) is 2.25. The number of hydrogen-bond acceptors (Lipinski definition) is 2. The fourth-order valence-corrected chi connectivity index (χ4v) is 3.09. The van der Waals surface area contributed by atoms with E-state index in [1.165, 1.54) is 18.9 Å². The highest BCUT2D eigenvalue weighted by Crippen LogP contribution is 2.51. The maximum atomic E-state index is 13.6. The molecule has 1 unspecified atom stereocenters. The van der Waals surface area contributed by atoms with Crippen molar-refractivity contribution in [1.29, 1.82) is 0 Å². The van der Waals surface area contributed by atoms with E-state index in [4.69, 9.17) is 4.84 Å². The quantitative estimate of drug-likeness (QED) is 0.780. The van der Waals surface area contributed by atoms with Crippen molar-refractivity contribution in [3.8, 4) is 5.75 Å². The van der Waals surface area contributed by atoms with Gasteiger partial charge in [0.15, 0.2) is 11.6 Å². The van der Waals surface area contributed by atoms with E-state index >= 15 is 0 Å². The molecule has 0 N–H and O–H groups in total. The number of halogens is 1. The standard InChI is InChI=1S/C14H18FNO/c1-10-9-16(14(2)7-11(10)8-14)17-13-6-4-3-5-12(13)15/h3-6,10-11H,7-9H2,1-2H3. The third-order valence-electron chi connectivity index (χ3n) is 4.31. The van der Waals surface area contributed by atoms with E-state index in [2.05, 4.69) is 13.8 Å². The van der Waals surface area contributed by atoms with E-state index in [0.717, 1.165) is 12.5 Å². The first-order valence-corrected chi connectivity index (χ1v) is 6.29. The van der Waals surface area contributed by atoms with Crippen LogP contribution in [0.1, 0.15) is 26.7 Å². The number of fused-ring (bicyclic) bond motifs is 2. The van der Waals surface area contributed by atoms with Gasteiger partial charge in [0.25, 0.3) is 0 Å². The number of para-hydroxylation sites is 1. The maximum Gasteiger partial charge on any atom is 0.183 e. The summed E-state index contributed by atoms with van der Waals surface area (Å²) in [4.78, 5) is 5.77. The molecule has 1 aliphatic carbocycles. The van der Waals surface area contributed by atoms with Crippen molar-refractivity contribution < 1.29 is 9.23 Å². The summed E-state index contributed by atoms with van der Waals surface area (Å²) < 4.78 is 13.6. The van der Waals surface area contributed by atoms with Crippen LogP contribution in [0.3, 0.4) is 0 Å². The highest BCUT2D eigenvalue weighted by molar-refractivity contribution is 5.23. The Hall–Kier alpha value is -1.09. The molecule has 1 saturated carbocycles. The smallest absolute Gasteiger partial charge is 0.183 e. The highest BCUT2D eigenvalue weighted by atomic mass is 19.1. The van der Waals surface area contributed by atoms with Gasteiger partial charge in [-0.25, -0.2) is 4.39 Å². The second-order valence-corrected chi connectivity index (χ2v) is 5.73. The van der Waals surface area contributed by atoms with Gasteiger partial charge in [-0.3, -0.25) is 0 Å². The molecule has 2 bridgehead atoms. The minimum Gasteiger partial charge on any atom is -0.402 e. The number of hydroxylamine groups is 2. The molecule has 17 heavy (non-hydrogen) atoms. The minimum absolute atomic E-state index is 0.111. The lowest BCUT2D eigenvalue weighted by molar-refractivity contribution is -0.235. The first-order chi connectivity index (χ1) is 8.08. The molecule has 3 aliphatic rings. The molecule has 0 aromatic heterocycles. The van der Waals surface area contributed by atoms with Gasteiger partial charge in [0.1, 0.15) is 0 Å². The predicted octanol–water partition coefficient (Wildman–Crippen LogP) is 3.24. The number of benzene rings is 1. The van der Waals surface area contributed by atoms with Crippen molar-refractivity contribution in [3.63, 3.8) is 0 Å². The molecule has 92 valence electrons. The third kappa shape index (κ3) is 1.73. The van der Waals surface area contributed by atoms with Crippen molar-refractivity contribution in [2.24, 2.45) is 11.8 Å². The Bertz CT molecular complexity index is 428. The summed E-state index contributed by atoms with van der Waals surface area (Å²) in [5.74, 6) is 1.53. The SMILES string of the molecule is CC1CN(Oc2ccccc2F)C2(C)CC1C2. The van der Waals surface area contributed by atoms with Crippen LogP contribution in [-0.2, 0) is 0 Å². The molecular weight excluding hydrogens is 217 g/mol. The molecule has 2 aliphatic heterocycles. The van der Waals surface area contributed by atoms with E-state index < -0.39 is 0 Å². The first kappa shape index (κ1) is 11.0. The predicted molar refractivity (Wildman–Crippen MR) is 64.0 cm³/mol. The molecule has 0 radical (unpaired) electrons. The maximum absolute atomic E-state index is 13.6. The van der Waals surface area contributed by atoms with E-state index in [1.807, 2.05) is 5.06 Å². The molecule has 2 nitrogen and oxygen atoms in total. The number of piperidine rings is 2. The van der Waals surface area contributed by atoms with Crippen molar-refractivity contribution in [1.82, 2.24) is 5.06 Å². The van der Waals surface area contributed by atoms with Crippen LogP contribution in [0.25, 0.3) is 0 Å². The van der Waals surface area contributed by atoms with Gasteiger partial charge in [-0.2, -0.15) is 0 Å². The van der Waals surface area contributed by atoms with E-state index in [0.29, 0.717) is 11.7 Å². The average molecular weight is 235 g/mol. The Morgan fingerprint density at radius 1 is 1.35 bits per heavy atom. The minimum atomic E-state index is -0.287. The van der Waals surface area contributed by atoms with Crippen molar-refractivity contribution in [2.45, 2.75) is 32.2 Å². The van der Waals surface area contributed by atoms with Crippen LogP contribution < -0.4 is 4.84 Å². The van der Waals surface area contributed by atoms with Crippen molar-refractivity contribution in [3.05, 3.63) is 30.1 Å². The Morgan fingerprint density at radius 2 is 2.06 bits per heavy atom. The molecule has 4 rings (SSSR count). The fraction of sp³-hybridized carbons (Fsp3) is 0.571. The number of hydrogen-bond donors (Lipinski definition) is 0. The lowest BCUT2D eigenvalue weighted by Gasteiger charge is -2.58. The van der Waals surface area contributed by atoms with Crippen molar-refractivity contribution in [2.75, 3.05) is 6.54 Å². The zero-order valence-electron chi connectivity index (χ0n) is 10.3. The van der Waals surface area contributed by atoms with Gasteiger partial charge >= 0.3 is 0 Å². The zero-order chi connectivity index (χ0) is 12.0. The molecular formula is C14H18FNO. The lowest BCUT2D eigenvalue weighted by Crippen LogP contribution is -2.64. The Balaban J connectivity index is 1.79. The van der Waals surface area contributed by atoms with Gasteiger partial charge in [0.2, 0.25) is 0 Å². The number of rotatable bonds is 2. The summed E-state index contributed by atoms with van der Waals surface area (Å²) in [7, 11) is 0. The molecule has 0 amide bonds. The van der Waals surface area contributed by atoms with Gasteiger partial charge in [-0.1, -0.05) is 19.1 Å². The summed E-state index contributed by atoms with van der Waals surface area (Å²) in [5.41, 5.74) is 0.111. The zero-order valence-corrected chi connectivity index (χ0v) is 10.3. The summed E-state index contributed by atoms with van der Waals surface area (Å²) in [6, 6.07) is 6.61. The highest BCUT2D eigenvalue weighted by Gasteiger charge is 2.53. The van der Waals surface area contributed by atoms with E-state index in [9.17, 15) is 4.39 Å². The van der Waals surface area contributed by atoms with Gasteiger partial charge in [-0.05, 0) is 43.7 Å². The Morgan fingerprint density at radius 3 is 2.76 bits per heavy atom. The monoisotopic (exact) mass is 235 g/mol. The molecule has 3 heteroatoms. The Labute approximate surface area is 101 Å². The van der Waals surface area contributed by atoms with Crippen LogP contribution in [0, 0.1) is 17.7 Å². The Kier molecular flexibility index (Phi) is 2.40. The van der Waals surface area contributed by atoms with Crippen LogP contribution in [0.15, 0.2) is 24.3 Å². The van der Waals surface area contributed by atoms with E-state index in [-0.39, 0.29) is 11.4 Å². The molecule has 1 aromatic carbocycles. The molecule has 2 heterocycles. The summed E-state index contributed by atoms with van der Waals surface area (Å²) in [5, 5.41) is 1.98. The molecule has 2 saturated heterocycles. The summed E-state index contributed by atoms with van der Waals surface area (Å²) in [6.07, 6.45) is 2.34. The summed E-state index contributed by atoms with van der Waals surface area (Å²) >= 11 is 0. The van der Waals surface area contributed by atoms with Gasteiger partial charge in [-0.15, -0.1) is 5.06 Å².